The molecular weight excluding hydrogens is 400 g/mol. The lowest BCUT2D eigenvalue weighted by Crippen LogP contribution is -2.33. The number of rotatable bonds is 6. The van der Waals surface area contributed by atoms with Gasteiger partial charge in [0.25, 0.3) is 5.91 Å². The topological polar surface area (TPSA) is 66.5 Å². The molecular formula is C19H18N2O3S3. The first kappa shape index (κ1) is 18.4. The normalized spacial score (nSPS) is 14.2. The molecule has 1 aromatic carbocycles. The van der Waals surface area contributed by atoms with Gasteiger partial charge in [-0.1, -0.05) is 18.2 Å². The molecule has 0 spiro atoms. The molecule has 1 aliphatic rings. The molecule has 1 aliphatic heterocycles. The van der Waals surface area contributed by atoms with Gasteiger partial charge in [0.05, 0.1) is 4.90 Å². The number of hydrogen-bond acceptors (Lipinski definition) is 5. The van der Waals surface area contributed by atoms with Gasteiger partial charge in [0.2, 0.25) is 10.0 Å². The summed E-state index contributed by atoms with van der Waals surface area (Å²) >= 11 is 3.06. The Morgan fingerprint density at radius 1 is 1.00 bits per heavy atom. The minimum Gasteiger partial charge on any atom is -0.352 e. The second-order valence-electron chi connectivity index (χ2n) is 6.26. The molecule has 0 bridgehead atoms. The highest BCUT2D eigenvalue weighted by molar-refractivity contribution is 7.89. The Balaban J connectivity index is 1.71. The maximum atomic E-state index is 13.4. The SMILES string of the molecule is O=C1NCCc2ccc(S(=O)(=O)N(Cc3cccs3)Cc3cccs3)cc21. The number of nitrogens with one attached hydrogen (secondary N) is 1. The van der Waals surface area contributed by atoms with E-state index in [1.165, 1.54) is 33.0 Å². The Bertz CT molecular complexity index is 1010. The maximum absolute atomic E-state index is 13.4. The molecule has 8 heteroatoms. The summed E-state index contributed by atoms with van der Waals surface area (Å²) in [5, 5.41) is 6.65. The van der Waals surface area contributed by atoms with Crippen molar-refractivity contribution in [3.05, 3.63) is 74.1 Å². The van der Waals surface area contributed by atoms with Crippen molar-refractivity contribution < 1.29 is 13.2 Å². The molecule has 0 unspecified atom stereocenters. The van der Waals surface area contributed by atoms with Crippen molar-refractivity contribution >= 4 is 38.6 Å². The zero-order valence-electron chi connectivity index (χ0n) is 14.4. The molecule has 27 heavy (non-hydrogen) atoms. The van der Waals surface area contributed by atoms with Crippen molar-refractivity contribution in [3.8, 4) is 0 Å². The fourth-order valence-electron chi connectivity index (χ4n) is 3.08. The predicted octanol–water partition coefficient (Wildman–Crippen LogP) is 3.49. The van der Waals surface area contributed by atoms with Gasteiger partial charge in [0.1, 0.15) is 0 Å². The van der Waals surface area contributed by atoms with Crippen molar-refractivity contribution in [1.29, 1.82) is 0 Å². The number of nitrogens with zero attached hydrogens (tertiary/aromatic N) is 1. The zero-order chi connectivity index (χ0) is 18.9. The molecule has 0 saturated heterocycles. The molecule has 2 aromatic heterocycles. The number of fused-ring (bicyclic) bond motifs is 1. The highest BCUT2D eigenvalue weighted by Gasteiger charge is 2.28. The molecule has 0 radical (unpaired) electrons. The summed E-state index contributed by atoms with van der Waals surface area (Å²) in [4.78, 5) is 14.2. The van der Waals surface area contributed by atoms with Crippen molar-refractivity contribution in [2.45, 2.75) is 24.4 Å². The smallest absolute Gasteiger partial charge is 0.251 e. The number of thiophene rings is 2. The van der Waals surface area contributed by atoms with Crippen LogP contribution < -0.4 is 5.32 Å². The first-order valence-corrected chi connectivity index (χ1v) is 11.7. The van der Waals surface area contributed by atoms with Gasteiger partial charge in [-0.15, -0.1) is 22.7 Å². The third-order valence-corrected chi connectivity index (χ3v) is 7.98. The van der Waals surface area contributed by atoms with E-state index in [2.05, 4.69) is 5.32 Å². The second kappa shape index (κ2) is 7.55. The minimum absolute atomic E-state index is 0.159. The highest BCUT2D eigenvalue weighted by atomic mass is 32.2. The third kappa shape index (κ3) is 3.84. The van der Waals surface area contributed by atoms with Crippen LogP contribution in [0.15, 0.2) is 58.1 Å². The summed E-state index contributed by atoms with van der Waals surface area (Å²) < 4.78 is 28.2. The van der Waals surface area contributed by atoms with Crippen LogP contribution in [0.5, 0.6) is 0 Å². The van der Waals surface area contributed by atoms with E-state index in [1.807, 2.05) is 35.0 Å². The second-order valence-corrected chi connectivity index (χ2v) is 10.3. The Hall–Kier alpha value is -2.00. The number of hydrogen-bond donors (Lipinski definition) is 1. The molecule has 0 atom stereocenters. The van der Waals surface area contributed by atoms with Gasteiger partial charge in [0.15, 0.2) is 0 Å². The van der Waals surface area contributed by atoms with Gasteiger partial charge in [0, 0.05) is 35.0 Å². The van der Waals surface area contributed by atoms with Crippen molar-refractivity contribution in [2.24, 2.45) is 0 Å². The van der Waals surface area contributed by atoms with E-state index >= 15 is 0 Å². The van der Waals surface area contributed by atoms with Crippen LogP contribution in [0, 0.1) is 0 Å². The number of amides is 1. The average molecular weight is 419 g/mol. The fraction of sp³-hybridized carbons (Fsp3) is 0.211. The molecule has 0 saturated carbocycles. The number of benzene rings is 1. The Labute approximate surface area is 166 Å². The summed E-state index contributed by atoms with van der Waals surface area (Å²) in [5.74, 6) is -0.212. The molecule has 4 rings (SSSR count). The Kier molecular flexibility index (Phi) is 5.14. The minimum atomic E-state index is -3.74. The third-order valence-electron chi connectivity index (χ3n) is 4.47. The van der Waals surface area contributed by atoms with Gasteiger partial charge in [-0.05, 0) is 47.0 Å². The molecule has 3 aromatic rings. The van der Waals surface area contributed by atoms with Crippen molar-refractivity contribution in [2.75, 3.05) is 6.54 Å². The largest absolute Gasteiger partial charge is 0.352 e. The van der Waals surface area contributed by atoms with E-state index in [4.69, 9.17) is 0 Å². The van der Waals surface area contributed by atoms with Gasteiger partial charge in [-0.25, -0.2) is 8.42 Å². The van der Waals surface area contributed by atoms with Crippen molar-refractivity contribution in [1.82, 2.24) is 9.62 Å². The highest BCUT2D eigenvalue weighted by Crippen LogP contribution is 2.26. The van der Waals surface area contributed by atoms with Crippen molar-refractivity contribution in [3.63, 3.8) is 0 Å². The summed E-state index contributed by atoms with van der Waals surface area (Å²) in [6, 6.07) is 12.6. The van der Waals surface area contributed by atoms with Crippen LogP contribution in [-0.2, 0) is 29.5 Å². The number of carbonyl (C=O) groups excluding carboxylic acids is 1. The quantitative estimate of drug-likeness (QED) is 0.666. The summed E-state index contributed by atoms with van der Waals surface area (Å²) in [6.45, 7) is 1.20. The molecule has 140 valence electrons. The van der Waals surface area contributed by atoms with Gasteiger partial charge >= 0.3 is 0 Å². The maximum Gasteiger partial charge on any atom is 0.251 e. The molecule has 5 nitrogen and oxygen atoms in total. The number of sulfonamides is 1. The standard InChI is InChI=1S/C19H18N2O3S3/c22-19-18-11-17(6-5-14(18)7-8-20-19)27(23,24)21(12-15-3-1-9-25-15)13-16-4-2-10-26-16/h1-6,9-11H,7-8,12-13H2,(H,20,22). The molecule has 1 amide bonds. The van der Waals surface area contributed by atoms with E-state index in [0.717, 1.165) is 21.7 Å². The average Bonchev–Trinajstić information content (AvgIpc) is 3.35. The van der Waals surface area contributed by atoms with Crippen LogP contribution in [0.1, 0.15) is 25.7 Å². The molecule has 0 fully saturated rings. The van der Waals surface area contributed by atoms with E-state index < -0.39 is 10.0 Å². The first-order valence-electron chi connectivity index (χ1n) is 8.50. The Morgan fingerprint density at radius 2 is 1.67 bits per heavy atom. The first-order chi connectivity index (χ1) is 13.0. The summed E-state index contributed by atoms with van der Waals surface area (Å²) in [7, 11) is -3.74. The summed E-state index contributed by atoms with van der Waals surface area (Å²) in [5.41, 5.74) is 1.34. The monoisotopic (exact) mass is 418 g/mol. The summed E-state index contributed by atoms with van der Waals surface area (Å²) in [6.07, 6.45) is 0.718. The van der Waals surface area contributed by atoms with Gasteiger partial charge < -0.3 is 5.32 Å². The predicted molar refractivity (Wildman–Crippen MR) is 108 cm³/mol. The van der Waals surface area contributed by atoms with Crippen LogP contribution in [0.4, 0.5) is 0 Å². The number of carbonyl (C=O) groups is 1. The van der Waals surface area contributed by atoms with E-state index in [1.54, 1.807) is 12.1 Å². The van der Waals surface area contributed by atoms with Crippen LogP contribution in [0.25, 0.3) is 0 Å². The fourth-order valence-corrected chi connectivity index (χ4v) is 6.10. The van der Waals surface area contributed by atoms with E-state index in [9.17, 15) is 13.2 Å². The van der Waals surface area contributed by atoms with E-state index in [0.29, 0.717) is 25.2 Å². The molecule has 3 heterocycles. The van der Waals surface area contributed by atoms with Crippen LogP contribution in [0.3, 0.4) is 0 Å². The van der Waals surface area contributed by atoms with Crippen LogP contribution in [0.2, 0.25) is 0 Å². The molecule has 1 N–H and O–H groups in total. The van der Waals surface area contributed by atoms with Crippen LogP contribution >= 0.6 is 22.7 Å². The van der Waals surface area contributed by atoms with Crippen LogP contribution in [-0.4, -0.2) is 25.2 Å². The lowest BCUT2D eigenvalue weighted by Gasteiger charge is -2.23. The zero-order valence-corrected chi connectivity index (χ0v) is 16.9. The van der Waals surface area contributed by atoms with Gasteiger partial charge in [-0.3, -0.25) is 4.79 Å². The van der Waals surface area contributed by atoms with E-state index in [-0.39, 0.29) is 10.8 Å². The lowest BCUT2D eigenvalue weighted by atomic mass is 10.0. The Morgan fingerprint density at radius 3 is 2.26 bits per heavy atom. The lowest BCUT2D eigenvalue weighted by molar-refractivity contribution is 0.0945. The molecule has 0 aliphatic carbocycles. The van der Waals surface area contributed by atoms with Gasteiger partial charge in [-0.2, -0.15) is 4.31 Å².